The number of rotatable bonds is 3. The molecular weight excluding hydrogens is 306 g/mol. The van der Waals surface area contributed by atoms with E-state index in [9.17, 15) is 4.79 Å². The average molecular weight is 327 g/mol. The van der Waals surface area contributed by atoms with Gasteiger partial charge in [-0.3, -0.25) is 0 Å². The highest BCUT2D eigenvalue weighted by Gasteiger charge is 2.41. The Morgan fingerprint density at radius 2 is 2.08 bits per heavy atom. The molecule has 0 saturated heterocycles. The summed E-state index contributed by atoms with van der Waals surface area (Å²) in [5.41, 5.74) is 3.29. The summed E-state index contributed by atoms with van der Waals surface area (Å²) in [6.07, 6.45) is 3.96. The number of aromatic nitrogens is 2. The maximum atomic E-state index is 12.1. The van der Waals surface area contributed by atoms with E-state index in [4.69, 9.17) is 9.57 Å². The fourth-order valence-electron chi connectivity index (χ4n) is 3.53. The summed E-state index contributed by atoms with van der Waals surface area (Å²) in [4.78, 5) is 21.3. The van der Waals surface area contributed by atoms with Gasteiger partial charge in [0.05, 0.1) is 31.4 Å². The van der Waals surface area contributed by atoms with Crippen LogP contribution in [0.1, 0.15) is 47.9 Å². The Morgan fingerprint density at radius 3 is 2.79 bits per heavy atom. The van der Waals surface area contributed by atoms with Gasteiger partial charge in [0.15, 0.2) is 0 Å². The summed E-state index contributed by atoms with van der Waals surface area (Å²) in [7, 11) is 2.93. The van der Waals surface area contributed by atoms with Crippen LogP contribution in [0.5, 0.6) is 0 Å². The van der Waals surface area contributed by atoms with Gasteiger partial charge in [-0.15, -0.1) is 0 Å². The minimum absolute atomic E-state index is 0.0545. The van der Waals surface area contributed by atoms with E-state index in [0.29, 0.717) is 5.69 Å². The van der Waals surface area contributed by atoms with Crippen molar-refractivity contribution in [1.29, 1.82) is 0 Å². The standard InChI is InChI=1S/C18H21N3O3/c1-18(2)9-14(20-24-4)12-7-5-6-8-13(12)16(18)21-11-19-10-15(21)17(22)23-3/h5-8,10-11,16H,9H2,1-4H3. The molecule has 0 N–H and O–H groups in total. The molecular formula is C18H21N3O3. The van der Waals surface area contributed by atoms with Gasteiger partial charge in [0.1, 0.15) is 12.8 Å². The maximum Gasteiger partial charge on any atom is 0.356 e. The molecule has 126 valence electrons. The van der Waals surface area contributed by atoms with Crippen molar-refractivity contribution < 1.29 is 14.4 Å². The second-order valence-corrected chi connectivity index (χ2v) is 6.55. The van der Waals surface area contributed by atoms with Crippen molar-refractivity contribution in [3.8, 4) is 0 Å². The van der Waals surface area contributed by atoms with E-state index in [0.717, 1.165) is 23.3 Å². The molecule has 1 aromatic carbocycles. The fraction of sp³-hybridized carbons (Fsp3) is 0.389. The molecule has 3 rings (SSSR count). The number of fused-ring (bicyclic) bond motifs is 1. The number of oxime groups is 1. The van der Waals surface area contributed by atoms with E-state index in [1.165, 1.54) is 7.11 Å². The quantitative estimate of drug-likeness (QED) is 0.642. The Morgan fingerprint density at radius 1 is 1.33 bits per heavy atom. The van der Waals surface area contributed by atoms with Gasteiger partial charge in [-0.05, 0) is 11.0 Å². The molecule has 0 amide bonds. The summed E-state index contributed by atoms with van der Waals surface area (Å²) < 4.78 is 6.80. The first-order valence-corrected chi connectivity index (χ1v) is 7.79. The normalized spacial score (nSPS) is 20.5. The van der Waals surface area contributed by atoms with Crippen molar-refractivity contribution in [2.24, 2.45) is 10.6 Å². The van der Waals surface area contributed by atoms with Crippen LogP contribution < -0.4 is 0 Å². The monoisotopic (exact) mass is 327 g/mol. The first kappa shape index (κ1) is 16.2. The molecule has 1 unspecified atom stereocenters. The smallest absolute Gasteiger partial charge is 0.356 e. The van der Waals surface area contributed by atoms with E-state index >= 15 is 0 Å². The van der Waals surface area contributed by atoms with Crippen LogP contribution >= 0.6 is 0 Å². The summed E-state index contributed by atoms with van der Waals surface area (Å²) >= 11 is 0. The fourth-order valence-corrected chi connectivity index (χ4v) is 3.53. The maximum absolute atomic E-state index is 12.1. The number of carbonyl (C=O) groups excluding carboxylic acids is 1. The van der Waals surface area contributed by atoms with Crippen LogP contribution in [0.2, 0.25) is 0 Å². The summed E-state index contributed by atoms with van der Waals surface area (Å²) in [5.74, 6) is -0.392. The van der Waals surface area contributed by atoms with Crippen LogP contribution in [-0.4, -0.2) is 35.5 Å². The SMILES string of the molecule is CON=C1CC(C)(C)C(n2cncc2C(=O)OC)c2ccccc21. The average Bonchev–Trinajstić information content (AvgIpc) is 3.02. The second kappa shape index (κ2) is 6.11. The number of esters is 1. The molecule has 1 heterocycles. The summed E-state index contributed by atoms with van der Waals surface area (Å²) in [6.45, 7) is 4.31. The predicted octanol–water partition coefficient (Wildman–Crippen LogP) is 3.04. The molecule has 6 heteroatoms. The zero-order valence-electron chi connectivity index (χ0n) is 14.3. The van der Waals surface area contributed by atoms with E-state index in [1.54, 1.807) is 19.6 Å². The predicted molar refractivity (Wildman–Crippen MR) is 90.1 cm³/mol. The van der Waals surface area contributed by atoms with Crippen LogP contribution in [0.15, 0.2) is 41.9 Å². The van der Waals surface area contributed by atoms with E-state index in [2.05, 4.69) is 30.1 Å². The minimum Gasteiger partial charge on any atom is -0.464 e. The molecule has 1 aliphatic rings. The molecule has 2 aromatic rings. The molecule has 0 aliphatic heterocycles. The minimum atomic E-state index is -0.392. The zero-order valence-corrected chi connectivity index (χ0v) is 14.3. The van der Waals surface area contributed by atoms with Gasteiger partial charge in [0, 0.05) is 12.0 Å². The van der Waals surface area contributed by atoms with Crippen molar-refractivity contribution in [3.05, 3.63) is 53.6 Å². The van der Waals surface area contributed by atoms with Crippen LogP contribution in [0.25, 0.3) is 0 Å². The Bertz CT molecular complexity index is 792. The Hall–Kier alpha value is -2.63. The van der Waals surface area contributed by atoms with Gasteiger partial charge in [0.2, 0.25) is 0 Å². The zero-order chi connectivity index (χ0) is 17.3. The lowest BCUT2D eigenvalue weighted by molar-refractivity contribution is 0.0582. The molecule has 1 aliphatic carbocycles. The first-order chi connectivity index (χ1) is 11.5. The highest BCUT2D eigenvalue weighted by atomic mass is 16.6. The number of ether oxygens (including phenoxy) is 1. The molecule has 1 atom stereocenters. The highest BCUT2D eigenvalue weighted by Crippen LogP contribution is 2.46. The number of hydrogen-bond donors (Lipinski definition) is 0. The summed E-state index contributed by atoms with van der Waals surface area (Å²) in [5, 5.41) is 4.21. The van der Waals surface area contributed by atoms with Gasteiger partial charge in [-0.25, -0.2) is 9.78 Å². The van der Waals surface area contributed by atoms with Crippen LogP contribution in [0.3, 0.4) is 0 Å². The highest BCUT2D eigenvalue weighted by molar-refractivity contribution is 6.03. The number of imidazole rings is 1. The van der Waals surface area contributed by atoms with Gasteiger partial charge in [-0.1, -0.05) is 43.3 Å². The largest absolute Gasteiger partial charge is 0.464 e. The van der Waals surface area contributed by atoms with Crippen molar-refractivity contribution >= 4 is 11.7 Å². The lowest BCUT2D eigenvalue weighted by atomic mass is 9.69. The Kier molecular flexibility index (Phi) is 4.13. The number of carbonyl (C=O) groups is 1. The van der Waals surface area contributed by atoms with Gasteiger partial charge in [-0.2, -0.15) is 0 Å². The molecule has 0 radical (unpaired) electrons. The van der Waals surface area contributed by atoms with Crippen LogP contribution in [-0.2, 0) is 9.57 Å². The molecule has 0 spiro atoms. The first-order valence-electron chi connectivity index (χ1n) is 7.79. The lowest BCUT2D eigenvalue weighted by Crippen LogP contribution is -2.37. The number of nitrogens with zero attached hydrogens (tertiary/aromatic N) is 3. The molecule has 6 nitrogen and oxygen atoms in total. The van der Waals surface area contributed by atoms with Crippen molar-refractivity contribution in [3.63, 3.8) is 0 Å². The molecule has 0 bridgehead atoms. The topological polar surface area (TPSA) is 65.7 Å². The van der Waals surface area contributed by atoms with Crippen molar-refractivity contribution in [1.82, 2.24) is 9.55 Å². The third-order valence-corrected chi connectivity index (χ3v) is 4.47. The van der Waals surface area contributed by atoms with Gasteiger partial charge in [0.25, 0.3) is 0 Å². The lowest BCUT2D eigenvalue weighted by Gasteiger charge is -2.41. The third-order valence-electron chi connectivity index (χ3n) is 4.47. The summed E-state index contributed by atoms with van der Waals surface area (Å²) in [6, 6.07) is 8.01. The Balaban J connectivity index is 2.20. The van der Waals surface area contributed by atoms with Gasteiger partial charge >= 0.3 is 5.97 Å². The number of benzene rings is 1. The number of hydrogen-bond acceptors (Lipinski definition) is 5. The third kappa shape index (κ3) is 2.58. The van der Waals surface area contributed by atoms with E-state index < -0.39 is 5.97 Å². The van der Waals surface area contributed by atoms with Crippen molar-refractivity contribution in [2.45, 2.75) is 26.3 Å². The second-order valence-electron chi connectivity index (χ2n) is 6.55. The van der Waals surface area contributed by atoms with Crippen LogP contribution in [0.4, 0.5) is 0 Å². The number of methoxy groups -OCH3 is 1. The molecule has 1 aromatic heterocycles. The van der Waals surface area contributed by atoms with Gasteiger partial charge < -0.3 is 14.1 Å². The molecule has 24 heavy (non-hydrogen) atoms. The Labute approximate surface area is 141 Å². The van der Waals surface area contributed by atoms with Crippen LogP contribution in [0, 0.1) is 5.41 Å². The van der Waals surface area contributed by atoms with E-state index in [1.807, 2.05) is 22.8 Å². The molecule has 0 saturated carbocycles. The van der Waals surface area contributed by atoms with Crippen molar-refractivity contribution in [2.75, 3.05) is 14.2 Å². The van der Waals surface area contributed by atoms with E-state index in [-0.39, 0.29) is 11.5 Å². The molecule has 0 fully saturated rings.